The number of ether oxygens (including phenoxy) is 3. The van der Waals surface area contributed by atoms with Crippen LogP contribution in [0.4, 0.5) is 8.78 Å². The van der Waals surface area contributed by atoms with Crippen molar-refractivity contribution >= 4 is 23.5 Å². The van der Waals surface area contributed by atoms with Crippen LogP contribution in [0.1, 0.15) is 88.9 Å². The van der Waals surface area contributed by atoms with Gasteiger partial charge < -0.3 is 14.2 Å². The van der Waals surface area contributed by atoms with E-state index < -0.39 is 34.5 Å². The third-order valence-corrected chi connectivity index (χ3v) is 7.74. The maximum absolute atomic E-state index is 14.7. The van der Waals surface area contributed by atoms with Crippen molar-refractivity contribution < 1.29 is 32.6 Å². The van der Waals surface area contributed by atoms with Crippen molar-refractivity contribution in [3.05, 3.63) is 77.9 Å². The summed E-state index contributed by atoms with van der Waals surface area (Å²) in [6, 6.07) is 15.8. The van der Waals surface area contributed by atoms with Crippen molar-refractivity contribution in [2.75, 3.05) is 6.61 Å². The van der Waals surface area contributed by atoms with Gasteiger partial charge in [-0.05, 0) is 59.9 Å². The highest BCUT2D eigenvalue weighted by Gasteiger charge is 2.22. The molecule has 3 aromatic rings. The van der Waals surface area contributed by atoms with E-state index in [4.69, 9.17) is 25.8 Å². The Kier molecular flexibility index (Phi) is 13.9. The molecule has 0 aliphatic heterocycles. The Morgan fingerprint density at radius 3 is 1.74 bits per heavy atom. The van der Waals surface area contributed by atoms with Crippen molar-refractivity contribution in [3.8, 4) is 28.4 Å². The number of carbonyl (C=O) groups excluding carboxylic acids is 2. The zero-order chi connectivity index (χ0) is 31.2. The number of hydrogen-bond donors (Lipinski definition) is 0. The second-order valence-corrected chi connectivity index (χ2v) is 11.4. The van der Waals surface area contributed by atoms with Crippen molar-refractivity contribution in [2.24, 2.45) is 5.92 Å². The van der Waals surface area contributed by atoms with Gasteiger partial charge in [-0.3, -0.25) is 4.79 Å². The lowest BCUT2D eigenvalue weighted by molar-refractivity contribution is -0.134. The molecule has 232 valence electrons. The fourth-order valence-corrected chi connectivity index (χ4v) is 4.48. The lowest BCUT2D eigenvalue weighted by atomic mass is 10.1. The summed E-state index contributed by atoms with van der Waals surface area (Å²) in [5.74, 6) is -3.76. The van der Waals surface area contributed by atoms with Gasteiger partial charge in [0, 0.05) is 0 Å². The number of carbonyl (C=O) groups is 2. The van der Waals surface area contributed by atoms with Crippen molar-refractivity contribution in [3.63, 3.8) is 0 Å². The number of halogens is 3. The molecule has 1 atom stereocenters. The standard InChI is InChI=1S/C35H41ClF2O5/c1-4-5-6-7-8-9-10-11-12-23-41-30-22-21-29(32(37)33(30)38)34(39)42-27-17-13-25(14-18-27)26-15-19-28(20-16-26)43-35(40)31(36)24(2)3/h13-22,24,31H,4-12,23H2,1-3H3/t31-/m0/s1. The van der Waals surface area contributed by atoms with Crippen LogP contribution >= 0.6 is 11.6 Å². The quantitative estimate of drug-likeness (QED) is 0.0655. The molecule has 0 bridgehead atoms. The van der Waals surface area contributed by atoms with Crippen LogP contribution < -0.4 is 14.2 Å². The minimum absolute atomic E-state index is 0.0517. The molecule has 0 amide bonds. The molecule has 8 heteroatoms. The smallest absolute Gasteiger partial charge is 0.346 e. The molecule has 0 N–H and O–H groups in total. The predicted molar refractivity (Wildman–Crippen MR) is 166 cm³/mol. The van der Waals surface area contributed by atoms with Crippen molar-refractivity contribution in [1.82, 2.24) is 0 Å². The highest BCUT2D eigenvalue weighted by molar-refractivity contribution is 6.30. The minimum atomic E-state index is -1.30. The maximum atomic E-state index is 14.7. The highest BCUT2D eigenvalue weighted by Crippen LogP contribution is 2.27. The van der Waals surface area contributed by atoms with Gasteiger partial charge in [0.15, 0.2) is 11.6 Å². The largest absolute Gasteiger partial charge is 0.490 e. The lowest BCUT2D eigenvalue weighted by Gasteiger charge is -2.12. The Morgan fingerprint density at radius 1 is 0.698 bits per heavy atom. The lowest BCUT2D eigenvalue weighted by Crippen LogP contribution is -2.25. The number of esters is 2. The second kappa shape index (κ2) is 17.6. The van der Waals surface area contributed by atoms with Gasteiger partial charge in [-0.15, -0.1) is 11.6 Å². The molecule has 0 spiro atoms. The Morgan fingerprint density at radius 2 is 1.21 bits per heavy atom. The van der Waals surface area contributed by atoms with E-state index in [2.05, 4.69) is 6.92 Å². The zero-order valence-corrected chi connectivity index (χ0v) is 25.9. The van der Waals surface area contributed by atoms with Gasteiger partial charge in [-0.1, -0.05) is 96.4 Å². The molecule has 0 heterocycles. The first-order chi connectivity index (χ1) is 20.7. The monoisotopic (exact) mass is 614 g/mol. The van der Waals surface area contributed by atoms with E-state index >= 15 is 0 Å². The van der Waals surface area contributed by atoms with Crippen molar-refractivity contribution in [2.45, 2.75) is 83.9 Å². The van der Waals surface area contributed by atoms with Gasteiger partial charge in [0.1, 0.15) is 16.9 Å². The van der Waals surface area contributed by atoms with E-state index in [1.165, 1.54) is 50.7 Å². The number of rotatable bonds is 17. The molecule has 43 heavy (non-hydrogen) atoms. The fraction of sp³-hybridized carbons (Fsp3) is 0.429. The van der Waals surface area contributed by atoms with E-state index in [0.717, 1.165) is 30.4 Å². The molecule has 0 radical (unpaired) electrons. The zero-order valence-electron chi connectivity index (χ0n) is 25.2. The third-order valence-electron chi connectivity index (χ3n) is 7.05. The summed E-state index contributed by atoms with van der Waals surface area (Å²) >= 11 is 6.05. The Bertz CT molecular complexity index is 1310. The van der Waals surface area contributed by atoms with Gasteiger partial charge in [-0.25, -0.2) is 9.18 Å². The highest BCUT2D eigenvalue weighted by atomic mass is 35.5. The molecule has 0 aliphatic rings. The van der Waals surface area contributed by atoms with E-state index in [9.17, 15) is 18.4 Å². The van der Waals surface area contributed by atoms with E-state index in [0.29, 0.717) is 5.75 Å². The van der Waals surface area contributed by atoms with Crippen molar-refractivity contribution in [1.29, 1.82) is 0 Å². The number of alkyl halides is 1. The van der Waals surface area contributed by atoms with Crippen LogP contribution in [0.25, 0.3) is 11.1 Å². The van der Waals surface area contributed by atoms with E-state index in [-0.39, 0.29) is 24.0 Å². The summed E-state index contributed by atoms with van der Waals surface area (Å²) in [4.78, 5) is 24.7. The molecule has 0 unspecified atom stereocenters. The molecule has 0 aliphatic carbocycles. The molecule has 3 aromatic carbocycles. The topological polar surface area (TPSA) is 61.8 Å². The molecule has 0 saturated carbocycles. The molecule has 3 rings (SSSR count). The van der Waals surface area contributed by atoms with Gasteiger partial charge in [0.2, 0.25) is 5.82 Å². The maximum Gasteiger partial charge on any atom is 0.346 e. The van der Waals surface area contributed by atoms with E-state index in [1.54, 1.807) is 48.5 Å². The van der Waals surface area contributed by atoms with Gasteiger partial charge >= 0.3 is 11.9 Å². The molecule has 0 aromatic heterocycles. The first-order valence-electron chi connectivity index (χ1n) is 15.1. The van der Waals surface area contributed by atoms with Gasteiger partial charge in [-0.2, -0.15) is 4.39 Å². The first-order valence-corrected chi connectivity index (χ1v) is 15.5. The van der Waals surface area contributed by atoms with Crippen LogP contribution in [-0.2, 0) is 4.79 Å². The van der Waals surface area contributed by atoms with Crippen LogP contribution in [0.3, 0.4) is 0 Å². The number of unbranched alkanes of at least 4 members (excludes halogenated alkanes) is 8. The normalized spacial score (nSPS) is 11.8. The van der Waals surface area contributed by atoms with Gasteiger partial charge in [0.25, 0.3) is 0 Å². The minimum Gasteiger partial charge on any atom is -0.490 e. The third kappa shape index (κ3) is 10.6. The van der Waals surface area contributed by atoms with Crippen LogP contribution in [-0.4, -0.2) is 23.9 Å². The summed E-state index contributed by atoms with van der Waals surface area (Å²) in [6.45, 7) is 6.15. The van der Waals surface area contributed by atoms with E-state index in [1.807, 2.05) is 13.8 Å². The van der Waals surface area contributed by atoms with Crippen LogP contribution in [0.5, 0.6) is 17.2 Å². The van der Waals surface area contributed by atoms with Crippen LogP contribution in [0.15, 0.2) is 60.7 Å². The predicted octanol–water partition coefficient (Wildman–Crippen LogP) is 9.93. The summed E-state index contributed by atoms with van der Waals surface area (Å²) < 4.78 is 45.3. The number of hydrogen-bond acceptors (Lipinski definition) is 5. The first kappa shape index (κ1) is 34.0. The Balaban J connectivity index is 1.48. The molecule has 5 nitrogen and oxygen atoms in total. The Labute approximate surface area is 258 Å². The Hall–Kier alpha value is -3.45. The van der Waals surface area contributed by atoms with Crippen LogP contribution in [0.2, 0.25) is 0 Å². The average molecular weight is 615 g/mol. The SMILES string of the molecule is CCCCCCCCCCCOc1ccc(C(=O)Oc2ccc(-c3ccc(OC(=O)[C@@H](Cl)C(C)C)cc3)cc2)c(F)c1F. The molecule has 0 saturated heterocycles. The molecule has 0 fully saturated rings. The van der Waals surface area contributed by atoms with Gasteiger partial charge in [0.05, 0.1) is 12.2 Å². The average Bonchev–Trinajstić information content (AvgIpc) is 3.00. The number of benzene rings is 3. The van der Waals surface area contributed by atoms with Crippen LogP contribution in [0, 0.1) is 17.6 Å². The summed E-state index contributed by atoms with van der Waals surface area (Å²) in [5.41, 5.74) is 1.12. The summed E-state index contributed by atoms with van der Waals surface area (Å²) in [6.07, 6.45) is 10.3. The summed E-state index contributed by atoms with van der Waals surface area (Å²) in [7, 11) is 0. The molecular weight excluding hydrogens is 574 g/mol. The second-order valence-electron chi connectivity index (χ2n) is 10.9. The molecular formula is C35H41ClF2O5. The summed E-state index contributed by atoms with van der Waals surface area (Å²) in [5, 5.41) is -0.736. The fourth-order valence-electron chi connectivity index (χ4n) is 4.43.